The van der Waals surface area contributed by atoms with Gasteiger partial charge in [-0.15, -0.1) is 11.3 Å². The van der Waals surface area contributed by atoms with Crippen LogP contribution in [0.2, 0.25) is 0 Å². The van der Waals surface area contributed by atoms with Crippen LogP contribution in [0.5, 0.6) is 0 Å². The third-order valence-electron chi connectivity index (χ3n) is 3.00. The van der Waals surface area contributed by atoms with E-state index in [9.17, 15) is 18.0 Å². The van der Waals surface area contributed by atoms with Crippen molar-refractivity contribution in [2.24, 2.45) is 0 Å². The molecule has 0 radical (unpaired) electrons. The highest BCUT2D eigenvalue weighted by molar-refractivity contribution is 7.22. The first-order chi connectivity index (χ1) is 10.4. The normalized spacial score (nSPS) is 11.8. The van der Waals surface area contributed by atoms with E-state index in [-0.39, 0.29) is 9.58 Å². The average molecular weight is 343 g/mol. The Morgan fingerprint density at radius 3 is 2.50 bits per heavy atom. The molecule has 0 bridgehead atoms. The van der Waals surface area contributed by atoms with Gasteiger partial charge in [0, 0.05) is 24.2 Å². The molecule has 0 saturated carbocycles. The van der Waals surface area contributed by atoms with Crippen molar-refractivity contribution in [1.29, 1.82) is 0 Å². The Bertz CT molecular complexity index is 862. The van der Waals surface area contributed by atoms with E-state index in [1.165, 1.54) is 12.4 Å². The van der Waals surface area contributed by atoms with E-state index in [1.807, 2.05) is 0 Å². The Labute approximate surface area is 131 Å². The molecule has 0 aliphatic rings. The molecular weight excluding hydrogens is 337 g/mol. The van der Waals surface area contributed by atoms with Gasteiger partial charge in [0.15, 0.2) is 0 Å². The highest BCUT2D eigenvalue weighted by Crippen LogP contribution is 2.40. The number of aromatic nitrogens is 2. The highest BCUT2D eigenvalue weighted by atomic mass is 35.5. The molecule has 3 aromatic heterocycles. The van der Waals surface area contributed by atoms with Crippen LogP contribution in [0, 0.1) is 0 Å². The molecule has 3 rings (SSSR count). The first kappa shape index (κ1) is 14.9. The van der Waals surface area contributed by atoms with Crippen LogP contribution in [0.25, 0.3) is 21.3 Å². The number of nitrogens with zero attached hydrogens (tertiary/aromatic N) is 2. The van der Waals surface area contributed by atoms with Crippen molar-refractivity contribution >= 4 is 38.4 Å². The van der Waals surface area contributed by atoms with Crippen LogP contribution in [0.4, 0.5) is 13.2 Å². The second-order valence-corrected chi connectivity index (χ2v) is 5.78. The Balaban J connectivity index is 2.31. The summed E-state index contributed by atoms with van der Waals surface area (Å²) in [5.41, 5.74) is 0.498. The SMILES string of the molecule is O=C(Cl)c1sc2cc(C(F)(F)F)cnc2c1-c1ccncc1. The minimum atomic E-state index is -4.49. The first-order valence-corrected chi connectivity index (χ1v) is 7.17. The van der Waals surface area contributed by atoms with Crippen LogP contribution in [-0.2, 0) is 6.18 Å². The number of thiophene rings is 1. The molecule has 0 saturated heterocycles. The number of carbonyl (C=O) groups is 1. The zero-order valence-corrected chi connectivity index (χ0v) is 12.3. The van der Waals surface area contributed by atoms with E-state index in [1.54, 1.807) is 12.1 Å². The molecular formula is C14H6ClF3N2OS. The van der Waals surface area contributed by atoms with Crippen LogP contribution in [0.15, 0.2) is 36.8 Å². The number of hydrogen-bond donors (Lipinski definition) is 0. The van der Waals surface area contributed by atoms with Gasteiger partial charge in [0.1, 0.15) is 0 Å². The number of alkyl halides is 3. The maximum absolute atomic E-state index is 12.8. The van der Waals surface area contributed by atoms with Crippen molar-refractivity contribution in [2.45, 2.75) is 6.18 Å². The molecule has 0 aliphatic heterocycles. The monoisotopic (exact) mass is 342 g/mol. The van der Waals surface area contributed by atoms with Crippen LogP contribution < -0.4 is 0 Å². The first-order valence-electron chi connectivity index (χ1n) is 5.98. The van der Waals surface area contributed by atoms with E-state index in [0.29, 0.717) is 16.6 Å². The molecule has 0 spiro atoms. The van der Waals surface area contributed by atoms with Crippen molar-refractivity contribution in [3.63, 3.8) is 0 Å². The third kappa shape index (κ3) is 2.57. The molecule has 0 aromatic carbocycles. The summed E-state index contributed by atoms with van der Waals surface area (Å²) in [5.74, 6) is 0. The van der Waals surface area contributed by atoms with Gasteiger partial charge in [-0.05, 0) is 35.4 Å². The van der Waals surface area contributed by atoms with Gasteiger partial charge in [0.2, 0.25) is 0 Å². The zero-order valence-electron chi connectivity index (χ0n) is 10.7. The lowest BCUT2D eigenvalue weighted by Crippen LogP contribution is -2.04. The van der Waals surface area contributed by atoms with Crippen molar-refractivity contribution < 1.29 is 18.0 Å². The highest BCUT2D eigenvalue weighted by Gasteiger charge is 2.32. The van der Waals surface area contributed by atoms with Gasteiger partial charge < -0.3 is 0 Å². The van der Waals surface area contributed by atoms with Gasteiger partial charge in [-0.25, -0.2) is 0 Å². The van der Waals surface area contributed by atoms with Gasteiger partial charge in [0.25, 0.3) is 5.24 Å². The second kappa shape index (κ2) is 5.33. The summed E-state index contributed by atoms with van der Waals surface area (Å²) in [4.78, 5) is 19.5. The topological polar surface area (TPSA) is 42.9 Å². The maximum Gasteiger partial charge on any atom is 0.417 e. The van der Waals surface area contributed by atoms with Crippen LogP contribution in [-0.4, -0.2) is 15.2 Å². The quantitative estimate of drug-likeness (QED) is 0.631. The van der Waals surface area contributed by atoms with E-state index >= 15 is 0 Å². The average Bonchev–Trinajstić information content (AvgIpc) is 2.86. The molecule has 0 unspecified atom stereocenters. The number of fused-ring (bicyclic) bond motifs is 1. The summed E-state index contributed by atoms with van der Waals surface area (Å²) in [5, 5.41) is -0.733. The summed E-state index contributed by atoms with van der Waals surface area (Å²) in [7, 11) is 0. The van der Waals surface area contributed by atoms with Gasteiger partial charge in [-0.2, -0.15) is 13.2 Å². The molecule has 22 heavy (non-hydrogen) atoms. The van der Waals surface area contributed by atoms with Crippen molar-refractivity contribution in [3.8, 4) is 11.1 Å². The molecule has 3 nitrogen and oxygen atoms in total. The predicted octanol–water partition coefficient (Wildman–Crippen LogP) is 4.76. The van der Waals surface area contributed by atoms with Crippen molar-refractivity contribution in [2.75, 3.05) is 0 Å². The molecule has 0 N–H and O–H groups in total. The van der Waals surface area contributed by atoms with Crippen LogP contribution in [0.1, 0.15) is 15.2 Å². The molecule has 0 amide bonds. The molecule has 8 heteroatoms. The van der Waals surface area contributed by atoms with Gasteiger partial charge >= 0.3 is 6.18 Å². The summed E-state index contributed by atoms with van der Waals surface area (Å²) in [6, 6.07) is 4.26. The van der Waals surface area contributed by atoms with E-state index in [4.69, 9.17) is 11.6 Å². The number of hydrogen-bond acceptors (Lipinski definition) is 4. The molecule has 112 valence electrons. The largest absolute Gasteiger partial charge is 0.417 e. The molecule has 3 heterocycles. The third-order valence-corrected chi connectivity index (χ3v) is 4.43. The second-order valence-electron chi connectivity index (χ2n) is 4.38. The maximum atomic E-state index is 12.8. The lowest BCUT2D eigenvalue weighted by Gasteiger charge is -2.06. The fraction of sp³-hybridized carbons (Fsp3) is 0.0714. The Morgan fingerprint density at radius 1 is 1.23 bits per heavy atom. The molecule has 0 fully saturated rings. The van der Waals surface area contributed by atoms with Gasteiger partial charge in [-0.1, -0.05) is 0 Å². The number of rotatable bonds is 2. The van der Waals surface area contributed by atoms with Crippen LogP contribution >= 0.6 is 22.9 Å². The Kier molecular flexibility index (Phi) is 3.62. The number of pyridine rings is 2. The smallest absolute Gasteiger partial charge is 0.275 e. The Hall–Kier alpha value is -1.99. The summed E-state index contributed by atoms with van der Waals surface area (Å²) < 4.78 is 38.6. The Morgan fingerprint density at radius 2 is 1.91 bits per heavy atom. The van der Waals surface area contributed by atoms with E-state index < -0.39 is 17.0 Å². The predicted molar refractivity (Wildman–Crippen MR) is 78.0 cm³/mol. The van der Waals surface area contributed by atoms with Crippen molar-refractivity contribution in [1.82, 2.24) is 9.97 Å². The summed E-state index contributed by atoms with van der Waals surface area (Å²) in [6.45, 7) is 0. The standard InChI is InChI=1S/C14H6ClF3N2OS/c15-13(21)12-10(7-1-3-19-4-2-7)11-9(22-12)5-8(6-20-11)14(16,17)18/h1-6H. The van der Waals surface area contributed by atoms with Crippen LogP contribution in [0.3, 0.4) is 0 Å². The fourth-order valence-corrected chi connectivity index (χ4v) is 3.32. The number of carbonyl (C=O) groups excluding carboxylic acids is 1. The van der Waals surface area contributed by atoms with E-state index in [2.05, 4.69) is 9.97 Å². The lowest BCUT2D eigenvalue weighted by molar-refractivity contribution is -0.137. The van der Waals surface area contributed by atoms with Crippen molar-refractivity contribution in [3.05, 3.63) is 47.2 Å². The summed E-state index contributed by atoms with van der Waals surface area (Å²) in [6.07, 6.45) is -0.702. The number of halogens is 4. The van der Waals surface area contributed by atoms with Gasteiger partial charge in [-0.3, -0.25) is 14.8 Å². The zero-order chi connectivity index (χ0) is 15.9. The van der Waals surface area contributed by atoms with Gasteiger partial charge in [0.05, 0.1) is 20.7 Å². The lowest BCUT2D eigenvalue weighted by atomic mass is 10.1. The van der Waals surface area contributed by atoms with E-state index in [0.717, 1.165) is 23.6 Å². The minimum absolute atomic E-state index is 0.162. The molecule has 3 aromatic rings. The molecule has 0 atom stereocenters. The molecule has 0 aliphatic carbocycles. The summed E-state index contributed by atoms with van der Waals surface area (Å²) >= 11 is 6.46. The fourth-order valence-electron chi connectivity index (χ4n) is 2.06. The minimum Gasteiger partial charge on any atom is -0.275 e.